The largest absolute Gasteiger partial charge is 0.342 e. The highest BCUT2D eigenvalue weighted by molar-refractivity contribution is 6.35. The average molecular weight is 228 g/mol. The molecule has 0 saturated carbocycles. The molecule has 0 aromatic rings. The van der Waals surface area contributed by atoms with E-state index in [1.54, 1.807) is 21.1 Å². The highest BCUT2D eigenvalue weighted by Gasteiger charge is 2.18. The lowest BCUT2D eigenvalue weighted by Gasteiger charge is -2.14. The van der Waals surface area contributed by atoms with Crippen molar-refractivity contribution < 1.29 is 14.4 Å². The maximum atomic E-state index is 11.4. The lowest BCUT2D eigenvalue weighted by molar-refractivity contribution is -0.143. The predicted octanol–water partition coefficient (Wildman–Crippen LogP) is -0.00900. The van der Waals surface area contributed by atoms with E-state index in [1.807, 2.05) is 0 Å². The maximum Gasteiger partial charge on any atom is 0.289 e. The molecule has 0 fully saturated rings. The molecular formula is C11H20N2O3. The van der Waals surface area contributed by atoms with Crippen molar-refractivity contribution >= 4 is 17.5 Å². The fraction of sp³-hybridized carbons (Fsp3) is 0.727. The first-order valence-corrected chi connectivity index (χ1v) is 5.29. The summed E-state index contributed by atoms with van der Waals surface area (Å²) in [6, 6.07) is -0.0311. The third kappa shape index (κ3) is 5.60. The summed E-state index contributed by atoms with van der Waals surface area (Å²) in [6.07, 6.45) is 1.07. The van der Waals surface area contributed by atoms with Gasteiger partial charge in [0.15, 0.2) is 0 Å². The molecule has 0 aliphatic rings. The average Bonchev–Trinajstić information content (AvgIpc) is 2.21. The normalized spacial score (nSPS) is 12.0. The van der Waals surface area contributed by atoms with Crippen LogP contribution in [0, 0.1) is 0 Å². The van der Waals surface area contributed by atoms with Gasteiger partial charge >= 0.3 is 0 Å². The van der Waals surface area contributed by atoms with E-state index >= 15 is 0 Å². The van der Waals surface area contributed by atoms with Crippen molar-refractivity contribution in [3.05, 3.63) is 0 Å². The van der Waals surface area contributed by atoms with Crippen molar-refractivity contribution in [1.29, 1.82) is 0 Å². The molecule has 1 atom stereocenters. The molecule has 5 nitrogen and oxygen atoms in total. The second kappa shape index (κ2) is 7.11. The fourth-order valence-electron chi connectivity index (χ4n) is 1.36. The molecule has 0 aliphatic carbocycles. The topological polar surface area (TPSA) is 66.5 Å². The molecule has 0 aromatic heterocycles. The van der Waals surface area contributed by atoms with E-state index in [9.17, 15) is 14.4 Å². The Morgan fingerprint density at radius 2 is 1.81 bits per heavy atom. The predicted molar refractivity (Wildman–Crippen MR) is 61.1 cm³/mol. The first kappa shape index (κ1) is 14.8. The Morgan fingerprint density at radius 1 is 1.25 bits per heavy atom. The molecule has 16 heavy (non-hydrogen) atoms. The van der Waals surface area contributed by atoms with Gasteiger partial charge in [0.2, 0.25) is 5.78 Å². The smallest absolute Gasteiger partial charge is 0.289 e. The van der Waals surface area contributed by atoms with Gasteiger partial charge in [-0.05, 0) is 20.4 Å². The molecule has 0 aliphatic heterocycles. The highest BCUT2D eigenvalue weighted by Crippen LogP contribution is 2.04. The van der Waals surface area contributed by atoms with E-state index in [4.69, 9.17) is 0 Å². The standard InChI is InChI=1S/C11H20N2O3/c1-8(14)7-9(12-2)5-6-10(15)11(16)13(3)4/h9,12H,5-7H2,1-4H3/t9-/m0/s1. The van der Waals surface area contributed by atoms with Gasteiger partial charge in [-0.1, -0.05) is 0 Å². The van der Waals surface area contributed by atoms with Crippen LogP contribution in [0.5, 0.6) is 0 Å². The van der Waals surface area contributed by atoms with Crippen LogP contribution in [-0.2, 0) is 14.4 Å². The number of amides is 1. The fourth-order valence-corrected chi connectivity index (χ4v) is 1.36. The summed E-state index contributed by atoms with van der Waals surface area (Å²) in [5.74, 6) is -0.822. The minimum atomic E-state index is -0.488. The van der Waals surface area contributed by atoms with Crippen LogP contribution >= 0.6 is 0 Å². The van der Waals surface area contributed by atoms with Gasteiger partial charge in [0.25, 0.3) is 5.91 Å². The Labute approximate surface area is 96.2 Å². The van der Waals surface area contributed by atoms with E-state index in [-0.39, 0.29) is 18.2 Å². The third-order valence-corrected chi connectivity index (χ3v) is 2.31. The molecule has 0 saturated heterocycles. The summed E-state index contributed by atoms with van der Waals surface area (Å²) in [4.78, 5) is 34.8. The number of nitrogens with one attached hydrogen (secondary N) is 1. The van der Waals surface area contributed by atoms with Crippen LogP contribution in [0.2, 0.25) is 0 Å². The van der Waals surface area contributed by atoms with Crippen LogP contribution in [0.3, 0.4) is 0 Å². The van der Waals surface area contributed by atoms with Crippen LogP contribution in [0.4, 0.5) is 0 Å². The summed E-state index contributed by atoms with van der Waals surface area (Å²) >= 11 is 0. The van der Waals surface area contributed by atoms with Gasteiger partial charge in [-0.15, -0.1) is 0 Å². The van der Waals surface area contributed by atoms with Gasteiger partial charge in [0.1, 0.15) is 5.78 Å². The van der Waals surface area contributed by atoms with Crippen LogP contribution in [0.1, 0.15) is 26.2 Å². The molecule has 1 amide bonds. The first-order valence-electron chi connectivity index (χ1n) is 5.29. The number of carbonyl (C=O) groups is 3. The molecule has 1 N–H and O–H groups in total. The number of nitrogens with zero attached hydrogens (tertiary/aromatic N) is 1. The Morgan fingerprint density at radius 3 is 2.19 bits per heavy atom. The van der Waals surface area contributed by atoms with Crippen molar-refractivity contribution in [2.75, 3.05) is 21.1 Å². The van der Waals surface area contributed by atoms with Crippen molar-refractivity contribution in [2.45, 2.75) is 32.2 Å². The molecule has 0 heterocycles. The molecule has 0 spiro atoms. The second-order valence-corrected chi connectivity index (χ2v) is 4.05. The Hall–Kier alpha value is -1.23. The molecule has 0 bridgehead atoms. The molecule has 0 radical (unpaired) electrons. The zero-order valence-electron chi connectivity index (χ0n) is 10.4. The van der Waals surface area contributed by atoms with E-state index < -0.39 is 11.7 Å². The van der Waals surface area contributed by atoms with E-state index in [2.05, 4.69) is 5.32 Å². The molecular weight excluding hydrogens is 208 g/mol. The van der Waals surface area contributed by atoms with Gasteiger partial charge in [0, 0.05) is 33.0 Å². The van der Waals surface area contributed by atoms with E-state index in [1.165, 1.54) is 11.8 Å². The van der Waals surface area contributed by atoms with Crippen LogP contribution in [0.15, 0.2) is 0 Å². The minimum Gasteiger partial charge on any atom is -0.342 e. The van der Waals surface area contributed by atoms with Crippen molar-refractivity contribution in [3.8, 4) is 0 Å². The lowest BCUT2D eigenvalue weighted by atomic mass is 10.0. The lowest BCUT2D eigenvalue weighted by Crippen LogP contribution is -2.32. The zero-order valence-corrected chi connectivity index (χ0v) is 10.4. The Bertz CT molecular complexity index is 274. The number of rotatable bonds is 7. The van der Waals surface area contributed by atoms with Crippen molar-refractivity contribution in [2.24, 2.45) is 0 Å². The van der Waals surface area contributed by atoms with Crippen molar-refractivity contribution in [1.82, 2.24) is 10.2 Å². The number of hydrogen-bond acceptors (Lipinski definition) is 4. The number of carbonyl (C=O) groups excluding carboxylic acids is 3. The van der Waals surface area contributed by atoms with Gasteiger partial charge in [-0.3, -0.25) is 14.4 Å². The summed E-state index contributed by atoms with van der Waals surface area (Å²) in [5.41, 5.74) is 0. The third-order valence-electron chi connectivity index (χ3n) is 2.31. The van der Waals surface area contributed by atoms with Gasteiger partial charge in [-0.2, -0.15) is 0 Å². The summed E-state index contributed by atoms with van der Waals surface area (Å²) < 4.78 is 0. The van der Waals surface area contributed by atoms with Gasteiger partial charge in [0.05, 0.1) is 0 Å². The summed E-state index contributed by atoms with van der Waals surface area (Å²) in [7, 11) is 4.84. The van der Waals surface area contributed by atoms with Crippen LogP contribution < -0.4 is 5.32 Å². The number of ketones is 2. The van der Waals surface area contributed by atoms with E-state index in [0.29, 0.717) is 12.8 Å². The zero-order chi connectivity index (χ0) is 12.7. The minimum absolute atomic E-state index is 0.0311. The maximum absolute atomic E-state index is 11.4. The molecule has 0 rings (SSSR count). The number of Topliss-reactive ketones (excluding diaryl/α,β-unsaturated/α-hetero) is 2. The highest BCUT2D eigenvalue weighted by atomic mass is 16.2. The van der Waals surface area contributed by atoms with E-state index in [0.717, 1.165) is 0 Å². The number of hydrogen-bond donors (Lipinski definition) is 1. The van der Waals surface area contributed by atoms with Gasteiger partial charge in [-0.25, -0.2) is 0 Å². The molecule has 0 unspecified atom stereocenters. The SMILES string of the molecule is CN[C@@H](CCC(=O)C(=O)N(C)C)CC(C)=O. The summed E-state index contributed by atoms with van der Waals surface area (Å²) in [6.45, 7) is 1.51. The van der Waals surface area contributed by atoms with Crippen LogP contribution in [-0.4, -0.2) is 49.6 Å². The summed E-state index contributed by atoms with van der Waals surface area (Å²) in [5, 5.41) is 2.96. The Kier molecular flexibility index (Phi) is 6.56. The molecule has 92 valence electrons. The second-order valence-electron chi connectivity index (χ2n) is 4.05. The van der Waals surface area contributed by atoms with Gasteiger partial charge < -0.3 is 10.2 Å². The molecule has 5 heteroatoms. The van der Waals surface area contributed by atoms with Crippen molar-refractivity contribution in [3.63, 3.8) is 0 Å². The Balaban J connectivity index is 4.07. The monoisotopic (exact) mass is 228 g/mol. The number of likely N-dealkylation sites (N-methyl/N-ethyl adjacent to an activating group) is 1. The molecule has 0 aromatic carbocycles. The van der Waals surface area contributed by atoms with Crippen LogP contribution in [0.25, 0.3) is 0 Å². The quantitative estimate of drug-likeness (QED) is 0.622. The first-order chi connectivity index (χ1) is 7.38.